The van der Waals surface area contributed by atoms with Crippen molar-refractivity contribution in [1.29, 1.82) is 0 Å². The highest BCUT2D eigenvalue weighted by Gasteiger charge is 2.16. The van der Waals surface area contributed by atoms with Gasteiger partial charge in [0.15, 0.2) is 5.96 Å². The van der Waals surface area contributed by atoms with Gasteiger partial charge in [-0.05, 0) is 32.1 Å². The van der Waals surface area contributed by atoms with Gasteiger partial charge < -0.3 is 10.2 Å². The largest absolute Gasteiger partial charge is 0.356 e. The number of aryl methyl sites for hydroxylation is 2. The van der Waals surface area contributed by atoms with Crippen LogP contribution in [-0.4, -0.2) is 52.4 Å². The molecule has 1 aromatic heterocycles. The first kappa shape index (κ1) is 21.7. The molecule has 1 aliphatic heterocycles. The van der Waals surface area contributed by atoms with Crippen LogP contribution in [-0.2, 0) is 19.5 Å². The van der Waals surface area contributed by atoms with Crippen LogP contribution in [0.1, 0.15) is 37.9 Å². The van der Waals surface area contributed by atoms with E-state index >= 15 is 0 Å². The van der Waals surface area contributed by atoms with Gasteiger partial charge in [-0.25, -0.2) is 9.48 Å². The molecular weight excluding hydrogens is 431 g/mol. The molecule has 0 saturated carbocycles. The Labute approximate surface area is 167 Å². The number of aliphatic imine (C=N–C) groups is 1. The molecule has 0 radical (unpaired) electrons. The lowest BCUT2D eigenvalue weighted by Crippen LogP contribution is -2.40. The number of nitrogens with one attached hydrogen (secondary N) is 1. The summed E-state index contributed by atoms with van der Waals surface area (Å²) in [6, 6.07) is 0. The number of halogens is 1. The van der Waals surface area contributed by atoms with Crippen LogP contribution in [0.3, 0.4) is 0 Å². The molecule has 1 N–H and O–H groups in total. The highest BCUT2D eigenvalue weighted by Crippen LogP contribution is 2.09. The van der Waals surface area contributed by atoms with Crippen molar-refractivity contribution in [3.05, 3.63) is 29.0 Å². The van der Waals surface area contributed by atoms with Gasteiger partial charge >= 0.3 is 5.69 Å². The minimum Gasteiger partial charge on any atom is -0.356 e. The summed E-state index contributed by atoms with van der Waals surface area (Å²) in [5.41, 5.74) is 0.0376. The Kier molecular flexibility index (Phi) is 9.84. The molecule has 2 rings (SSSR count). The van der Waals surface area contributed by atoms with E-state index in [0.29, 0.717) is 6.54 Å². The van der Waals surface area contributed by atoms with E-state index in [4.69, 9.17) is 0 Å². The van der Waals surface area contributed by atoms with Gasteiger partial charge in [0.2, 0.25) is 0 Å². The van der Waals surface area contributed by atoms with Crippen molar-refractivity contribution in [3.63, 3.8) is 0 Å². The normalized spacial score (nSPS) is 13.8. The quantitative estimate of drug-likeness (QED) is 0.211. The van der Waals surface area contributed by atoms with Crippen molar-refractivity contribution in [3.8, 4) is 0 Å². The first-order valence-corrected chi connectivity index (χ1v) is 8.86. The lowest BCUT2D eigenvalue weighted by Gasteiger charge is -2.21. The Balaban J connectivity index is 0.00000312. The van der Waals surface area contributed by atoms with Gasteiger partial charge in [-0.15, -0.1) is 30.6 Å². The molecule has 0 amide bonds. The van der Waals surface area contributed by atoms with E-state index < -0.39 is 0 Å². The van der Waals surface area contributed by atoms with Crippen molar-refractivity contribution >= 4 is 29.9 Å². The zero-order chi connectivity index (χ0) is 17.4. The molecule has 0 saturated heterocycles. The molecule has 142 valence electrons. The fourth-order valence-electron chi connectivity index (χ4n) is 2.99. The monoisotopic (exact) mass is 462 g/mol. The third-order valence-corrected chi connectivity index (χ3v) is 4.34. The fraction of sp³-hybridized carbons (Fsp3) is 0.706. The van der Waals surface area contributed by atoms with Gasteiger partial charge in [-0.1, -0.05) is 6.08 Å². The van der Waals surface area contributed by atoms with Crippen LogP contribution >= 0.6 is 24.0 Å². The Morgan fingerprint density at radius 1 is 1.44 bits per heavy atom. The summed E-state index contributed by atoms with van der Waals surface area (Å²) < 4.78 is 3.43. The number of hydrogen-bond donors (Lipinski definition) is 1. The van der Waals surface area contributed by atoms with E-state index in [9.17, 15) is 4.79 Å². The zero-order valence-electron chi connectivity index (χ0n) is 15.4. The molecule has 0 aliphatic carbocycles. The van der Waals surface area contributed by atoms with E-state index in [-0.39, 0.29) is 29.7 Å². The Morgan fingerprint density at radius 2 is 2.24 bits per heavy atom. The van der Waals surface area contributed by atoms with E-state index in [0.717, 1.165) is 69.9 Å². The number of nitrogens with zero attached hydrogens (tertiary/aromatic N) is 5. The van der Waals surface area contributed by atoms with E-state index in [2.05, 4.69) is 26.9 Å². The molecule has 8 heteroatoms. The summed E-state index contributed by atoms with van der Waals surface area (Å²) in [4.78, 5) is 18.7. The van der Waals surface area contributed by atoms with Crippen LogP contribution in [0.25, 0.3) is 0 Å². The molecule has 1 aliphatic rings. The maximum absolute atomic E-state index is 12.3. The molecule has 25 heavy (non-hydrogen) atoms. The number of unbranched alkanes of at least 4 members (excludes halogenated alkanes) is 1. The number of allylic oxidation sites excluding steroid dienone is 1. The maximum atomic E-state index is 12.3. The number of aromatic nitrogens is 3. The first-order chi connectivity index (χ1) is 11.7. The van der Waals surface area contributed by atoms with Crippen molar-refractivity contribution in [2.45, 2.75) is 51.6 Å². The zero-order valence-corrected chi connectivity index (χ0v) is 17.7. The molecule has 2 heterocycles. The van der Waals surface area contributed by atoms with E-state index in [1.54, 1.807) is 11.7 Å². The summed E-state index contributed by atoms with van der Waals surface area (Å²) >= 11 is 0. The summed E-state index contributed by atoms with van der Waals surface area (Å²) in [5.74, 6) is 1.83. The smallest absolute Gasteiger partial charge is 0.345 e. The minimum atomic E-state index is 0. The number of guanidine groups is 1. The number of fused-ring (bicyclic) bond motifs is 1. The van der Waals surface area contributed by atoms with Crippen LogP contribution in [0, 0.1) is 0 Å². The van der Waals surface area contributed by atoms with Gasteiger partial charge in [0.25, 0.3) is 0 Å². The van der Waals surface area contributed by atoms with E-state index in [1.807, 2.05) is 17.7 Å². The number of rotatable bonds is 8. The summed E-state index contributed by atoms with van der Waals surface area (Å²) in [7, 11) is 3.83. The summed E-state index contributed by atoms with van der Waals surface area (Å²) in [6.45, 7) is 6.91. The fourth-order valence-corrected chi connectivity index (χ4v) is 2.99. The van der Waals surface area contributed by atoms with E-state index in [1.165, 1.54) is 0 Å². The summed E-state index contributed by atoms with van der Waals surface area (Å²) in [5, 5.41) is 7.81. The second kappa shape index (κ2) is 11.3. The third-order valence-electron chi connectivity index (χ3n) is 4.34. The van der Waals surface area contributed by atoms with Crippen LogP contribution in [0.5, 0.6) is 0 Å². The maximum Gasteiger partial charge on any atom is 0.345 e. The highest BCUT2D eigenvalue weighted by atomic mass is 127. The van der Waals surface area contributed by atoms with Gasteiger partial charge in [-0.3, -0.25) is 9.56 Å². The molecule has 0 atom stereocenters. The van der Waals surface area contributed by atoms with Crippen LogP contribution < -0.4 is 11.0 Å². The van der Waals surface area contributed by atoms with Crippen molar-refractivity contribution < 1.29 is 0 Å². The van der Waals surface area contributed by atoms with Crippen LogP contribution in [0.15, 0.2) is 22.4 Å². The van der Waals surface area contributed by atoms with Gasteiger partial charge in [-0.2, -0.15) is 5.10 Å². The standard InChI is InChI=1S/C17H30N6O.HI/c1-4-5-7-12-21(3)16(18-2)19-11-9-14-23-17(24)22-13-8-6-10-15(22)20-23;/h4H,1,5-14H2,2-3H3,(H,18,19);1H. The summed E-state index contributed by atoms with van der Waals surface area (Å²) in [6.07, 6.45) is 7.98. The predicted octanol–water partition coefficient (Wildman–Crippen LogP) is 1.86. The topological polar surface area (TPSA) is 67.5 Å². The average Bonchev–Trinajstić information content (AvgIpc) is 2.91. The van der Waals surface area contributed by atoms with Gasteiger partial charge in [0.1, 0.15) is 5.82 Å². The Bertz CT molecular complexity index is 621. The van der Waals surface area contributed by atoms with Crippen molar-refractivity contribution in [1.82, 2.24) is 24.6 Å². The first-order valence-electron chi connectivity index (χ1n) is 8.86. The van der Waals surface area contributed by atoms with Crippen LogP contribution in [0.2, 0.25) is 0 Å². The molecule has 0 unspecified atom stereocenters. The highest BCUT2D eigenvalue weighted by molar-refractivity contribution is 14.0. The second-order valence-electron chi connectivity index (χ2n) is 6.21. The number of hydrogen-bond acceptors (Lipinski definition) is 3. The Morgan fingerprint density at radius 3 is 2.92 bits per heavy atom. The van der Waals surface area contributed by atoms with Crippen molar-refractivity contribution in [2.75, 3.05) is 27.2 Å². The Hall–Kier alpha value is -1.32. The lowest BCUT2D eigenvalue weighted by atomic mass is 10.2. The molecule has 0 bridgehead atoms. The molecule has 0 aromatic carbocycles. The van der Waals surface area contributed by atoms with Gasteiger partial charge in [0, 0.05) is 46.7 Å². The van der Waals surface area contributed by atoms with Crippen LogP contribution in [0.4, 0.5) is 0 Å². The molecule has 1 aromatic rings. The second-order valence-corrected chi connectivity index (χ2v) is 6.21. The third kappa shape index (κ3) is 6.16. The van der Waals surface area contributed by atoms with Crippen molar-refractivity contribution in [2.24, 2.45) is 4.99 Å². The molecular formula is C17H31IN6O. The predicted molar refractivity (Wildman–Crippen MR) is 113 cm³/mol. The molecule has 7 nitrogen and oxygen atoms in total. The lowest BCUT2D eigenvalue weighted by molar-refractivity contribution is 0.464. The average molecular weight is 462 g/mol. The van der Waals surface area contributed by atoms with Gasteiger partial charge in [0.05, 0.1) is 0 Å². The molecule has 0 fully saturated rings. The molecule has 0 spiro atoms. The minimum absolute atomic E-state index is 0. The SMILES string of the molecule is C=CCCCN(C)C(=NC)NCCCn1nc2n(c1=O)CCCC2.I.